The Bertz CT molecular complexity index is 525. The molecule has 0 saturated carbocycles. The van der Waals surface area contributed by atoms with Crippen LogP contribution in [0.3, 0.4) is 0 Å². The lowest BCUT2D eigenvalue weighted by atomic mass is 10.2. The van der Waals surface area contributed by atoms with Gasteiger partial charge >= 0.3 is 5.97 Å². The maximum atomic E-state index is 13.4. The van der Waals surface area contributed by atoms with Crippen LogP contribution in [0.5, 0.6) is 5.75 Å². The Morgan fingerprint density at radius 2 is 2.20 bits per heavy atom. The van der Waals surface area contributed by atoms with Crippen LogP contribution in [-0.4, -0.2) is 45.7 Å². The van der Waals surface area contributed by atoms with Gasteiger partial charge in [-0.3, -0.25) is 4.79 Å². The number of hydrogen-bond acceptors (Lipinski definition) is 4. The number of para-hydroxylation sites is 1. The number of nitrogens with zero attached hydrogens (tertiary/aromatic N) is 1. The maximum Gasteiger partial charge on any atom is 0.327 e. The smallest absolute Gasteiger partial charge is 0.327 e. The molecule has 1 amide bonds. The van der Waals surface area contributed by atoms with E-state index in [2.05, 4.69) is 0 Å². The first-order chi connectivity index (χ1) is 9.50. The van der Waals surface area contributed by atoms with Crippen molar-refractivity contribution in [1.29, 1.82) is 0 Å². The lowest BCUT2D eigenvalue weighted by molar-refractivity contribution is -0.150. The number of carboxylic acid groups (broad SMARTS) is 1. The van der Waals surface area contributed by atoms with Gasteiger partial charge in [-0.1, -0.05) is 12.1 Å². The summed E-state index contributed by atoms with van der Waals surface area (Å²) in [6.07, 6.45) is -0.938. The summed E-state index contributed by atoms with van der Waals surface area (Å²) in [5.74, 6) is -1.41. The molecule has 0 aliphatic carbocycles. The van der Waals surface area contributed by atoms with E-state index in [9.17, 15) is 14.0 Å². The van der Waals surface area contributed by atoms with Gasteiger partial charge in [0.05, 0.1) is 5.88 Å². The number of carbonyl (C=O) groups excluding carboxylic acids is 1. The maximum absolute atomic E-state index is 13.4. The van der Waals surface area contributed by atoms with Crippen molar-refractivity contribution in [2.75, 3.05) is 11.6 Å². The molecule has 20 heavy (non-hydrogen) atoms. The molecule has 108 valence electrons. The lowest BCUT2D eigenvalue weighted by Crippen LogP contribution is -2.47. The number of aliphatic carboxylic acids is 1. The molecular formula is C13H14FNO4S. The van der Waals surface area contributed by atoms with E-state index in [-0.39, 0.29) is 5.75 Å². The van der Waals surface area contributed by atoms with Crippen LogP contribution < -0.4 is 4.74 Å². The van der Waals surface area contributed by atoms with Crippen LogP contribution in [0.2, 0.25) is 0 Å². The third kappa shape index (κ3) is 3.04. The normalized spacial score (nSPS) is 19.7. The van der Waals surface area contributed by atoms with Crippen molar-refractivity contribution in [3.8, 4) is 5.75 Å². The fourth-order valence-electron chi connectivity index (χ4n) is 1.88. The quantitative estimate of drug-likeness (QED) is 0.914. The summed E-state index contributed by atoms with van der Waals surface area (Å²) in [6.45, 7) is 1.48. The second-order valence-corrected chi connectivity index (χ2v) is 5.35. The number of hydrogen-bond donors (Lipinski definition) is 1. The Morgan fingerprint density at radius 3 is 2.85 bits per heavy atom. The molecule has 2 rings (SSSR count). The Balaban J connectivity index is 2.05. The van der Waals surface area contributed by atoms with Crippen LogP contribution in [0.4, 0.5) is 4.39 Å². The van der Waals surface area contributed by atoms with E-state index in [0.29, 0.717) is 11.6 Å². The zero-order valence-corrected chi connectivity index (χ0v) is 11.6. The molecule has 0 aromatic heterocycles. The summed E-state index contributed by atoms with van der Waals surface area (Å²) in [7, 11) is 0. The molecule has 1 heterocycles. The van der Waals surface area contributed by atoms with Crippen LogP contribution in [0.1, 0.15) is 6.92 Å². The first-order valence-electron chi connectivity index (χ1n) is 6.03. The van der Waals surface area contributed by atoms with Gasteiger partial charge in [-0.05, 0) is 19.1 Å². The van der Waals surface area contributed by atoms with Gasteiger partial charge < -0.3 is 14.7 Å². The fraction of sp³-hybridized carbons (Fsp3) is 0.385. The number of carboxylic acids is 1. The predicted octanol–water partition coefficient (Wildman–Crippen LogP) is 1.58. The third-order valence-corrected chi connectivity index (χ3v) is 3.95. The van der Waals surface area contributed by atoms with Crippen molar-refractivity contribution < 1.29 is 23.8 Å². The molecule has 0 bridgehead atoms. The molecule has 1 aliphatic rings. The Kier molecular flexibility index (Phi) is 4.49. The van der Waals surface area contributed by atoms with Crippen molar-refractivity contribution in [1.82, 2.24) is 4.90 Å². The van der Waals surface area contributed by atoms with E-state index in [0.717, 1.165) is 0 Å². The van der Waals surface area contributed by atoms with E-state index < -0.39 is 29.8 Å². The minimum Gasteiger partial charge on any atom is -0.480 e. The van der Waals surface area contributed by atoms with Crippen molar-refractivity contribution in [3.05, 3.63) is 30.1 Å². The predicted molar refractivity (Wildman–Crippen MR) is 72.1 cm³/mol. The standard InChI is InChI=1S/C13H14FNO4S/c1-8(19-11-5-3-2-4-9(11)14)12(16)15-7-20-6-10(15)13(17)18/h2-5,8,10H,6-7H2,1H3,(H,17,18)/t8?,10-/m0/s1. The van der Waals surface area contributed by atoms with Gasteiger partial charge in [0.15, 0.2) is 17.7 Å². The van der Waals surface area contributed by atoms with Gasteiger partial charge in [0.2, 0.25) is 0 Å². The highest BCUT2D eigenvalue weighted by Crippen LogP contribution is 2.23. The average Bonchev–Trinajstić information content (AvgIpc) is 2.89. The topological polar surface area (TPSA) is 66.8 Å². The van der Waals surface area contributed by atoms with Crippen molar-refractivity contribution in [2.45, 2.75) is 19.1 Å². The SMILES string of the molecule is CC(Oc1ccccc1F)C(=O)N1CSC[C@H]1C(=O)O. The summed E-state index contributed by atoms with van der Waals surface area (Å²) >= 11 is 1.37. The largest absolute Gasteiger partial charge is 0.480 e. The monoisotopic (exact) mass is 299 g/mol. The zero-order chi connectivity index (χ0) is 14.7. The highest BCUT2D eigenvalue weighted by Gasteiger charge is 2.37. The first kappa shape index (κ1) is 14.6. The number of amides is 1. The molecule has 1 aliphatic heterocycles. The van der Waals surface area contributed by atoms with E-state index in [1.807, 2.05) is 0 Å². The van der Waals surface area contributed by atoms with Crippen molar-refractivity contribution >= 4 is 23.6 Å². The molecule has 1 aromatic carbocycles. The molecule has 1 N–H and O–H groups in total. The van der Waals surface area contributed by atoms with Gasteiger partial charge in [0, 0.05) is 5.75 Å². The number of carbonyl (C=O) groups is 2. The number of thioether (sulfide) groups is 1. The van der Waals surface area contributed by atoms with E-state index >= 15 is 0 Å². The second kappa shape index (κ2) is 6.13. The highest BCUT2D eigenvalue weighted by atomic mass is 32.2. The van der Waals surface area contributed by atoms with Gasteiger partial charge in [0.25, 0.3) is 5.91 Å². The first-order valence-corrected chi connectivity index (χ1v) is 7.18. The summed E-state index contributed by atoms with van der Waals surface area (Å²) in [5, 5.41) is 9.04. The van der Waals surface area contributed by atoms with E-state index in [4.69, 9.17) is 9.84 Å². The molecule has 1 unspecified atom stereocenters. The average molecular weight is 299 g/mol. The third-order valence-electron chi connectivity index (χ3n) is 2.94. The van der Waals surface area contributed by atoms with Crippen LogP contribution in [-0.2, 0) is 9.59 Å². The lowest BCUT2D eigenvalue weighted by Gasteiger charge is -2.24. The zero-order valence-electron chi connectivity index (χ0n) is 10.8. The molecule has 1 aromatic rings. The van der Waals surface area contributed by atoms with Crippen LogP contribution in [0.15, 0.2) is 24.3 Å². The molecule has 0 radical (unpaired) electrons. The molecule has 5 nitrogen and oxygen atoms in total. The number of ether oxygens (including phenoxy) is 1. The van der Waals surface area contributed by atoms with Crippen LogP contribution in [0, 0.1) is 5.82 Å². The van der Waals surface area contributed by atoms with Gasteiger partial charge in [-0.15, -0.1) is 11.8 Å². The van der Waals surface area contributed by atoms with E-state index in [1.54, 1.807) is 6.07 Å². The van der Waals surface area contributed by atoms with Crippen LogP contribution >= 0.6 is 11.8 Å². The second-order valence-electron chi connectivity index (χ2n) is 4.35. The van der Waals surface area contributed by atoms with E-state index in [1.165, 1.54) is 41.8 Å². The Labute approximate surface area is 119 Å². The van der Waals surface area contributed by atoms with Gasteiger partial charge in [-0.25, -0.2) is 9.18 Å². The summed E-state index contributed by atoms with van der Waals surface area (Å²) in [4.78, 5) is 24.5. The number of benzene rings is 1. The minimum absolute atomic E-state index is 0.0212. The minimum atomic E-state index is -1.04. The fourth-order valence-corrected chi connectivity index (χ4v) is 3.03. The summed E-state index contributed by atoms with van der Waals surface area (Å²) < 4.78 is 18.7. The Morgan fingerprint density at radius 1 is 1.50 bits per heavy atom. The molecule has 0 spiro atoms. The molecule has 7 heteroatoms. The van der Waals surface area contributed by atoms with Crippen molar-refractivity contribution in [2.24, 2.45) is 0 Å². The molecule has 1 fully saturated rings. The summed E-state index contributed by atoms with van der Waals surface area (Å²) in [5.41, 5.74) is 0. The van der Waals surface area contributed by atoms with Crippen molar-refractivity contribution in [3.63, 3.8) is 0 Å². The Hall–Kier alpha value is -1.76. The number of rotatable bonds is 4. The van der Waals surface area contributed by atoms with Crippen LogP contribution in [0.25, 0.3) is 0 Å². The molecule has 2 atom stereocenters. The van der Waals surface area contributed by atoms with Gasteiger partial charge in [-0.2, -0.15) is 0 Å². The molecule has 1 saturated heterocycles. The number of halogens is 1. The summed E-state index contributed by atoms with van der Waals surface area (Å²) in [6, 6.07) is 4.93. The van der Waals surface area contributed by atoms with Gasteiger partial charge in [0.1, 0.15) is 6.04 Å². The molecular weight excluding hydrogens is 285 g/mol. The highest BCUT2D eigenvalue weighted by molar-refractivity contribution is 7.99.